The Morgan fingerprint density at radius 2 is 1.69 bits per heavy atom. The van der Waals surface area contributed by atoms with Crippen LogP contribution in [0.3, 0.4) is 0 Å². The number of nitrogens with one attached hydrogen (secondary N) is 1. The van der Waals surface area contributed by atoms with E-state index in [1.807, 2.05) is 0 Å². The molecule has 0 unspecified atom stereocenters. The predicted octanol–water partition coefficient (Wildman–Crippen LogP) is 2.52. The quantitative estimate of drug-likeness (QED) is 0.693. The Morgan fingerprint density at radius 1 is 1.03 bits per heavy atom. The summed E-state index contributed by atoms with van der Waals surface area (Å²) in [6.07, 6.45) is 0. The van der Waals surface area contributed by atoms with Gasteiger partial charge in [0, 0.05) is 11.6 Å². The minimum Gasteiger partial charge on any atom is -0.366 e. The number of para-hydroxylation sites is 1. The first kappa shape index (κ1) is 19.9. The van der Waals surface area contributed by atoms with Crippen molar-refractivity contribution in [1.82, 2.24) is 9.78 Å². The van der Waals surface area contributed by atoms with Crippen LogP contribution in [0.15, 0.2) is 65.5 Å². The fourth-order valence-corrected chi connectivity index (χ4v) is 2.76. The van der Waals surface area contributed by atoms with Gasteiger partial charge in [0.05, 0.1) is 16.9 Å². The van der Waals surface area contributed by atoms with E-state index in [4.69, 9.17) is 5.73 Å². The lowest BCUT2D eigenvalue weighted by molar-refractivity contribution is -0.123. The van der Waals surface area contributed by atoms with Crippen LogP contribution in [0.4, 0.5) is 10.1 Å². The smallest absolute Gasteiger partial charge is 0.267 e. The molecule has 3 N–H and O–H groups in total. The first-order valence-corrected chi connectivity index (χ1v) is 8.77. The molecule has 3 aromatic rings. The third-order valence-electron chi connectivity index (χ3n) is 4.47. The molecule has 2 aromatic carbocycles. The second kappa shape index (κ2) is 7.67. The van der Waals surface area contributed by atoms with E-state index in [1.54, 1.807) is 18.2 Å². The topological polar surface area (TPSA) is 107 Å². The highest BCUT2D eigenvalue weighted by Crippen LogP contribution is 2.21. The van der Waals surface area contributed by atoms with Crippen molar-refractivity contribution in [2.75, 3.05) is 5.32 Å². The van der Waals surface area contributed by atoms with Crippen molar-refractivity contribution in [2.24, 2.45) is 5.73 Å². The maximum atomic E-state index is 13.2. The van der Waals surface area contributed by atoms with Crippen LogP contribution >= 0.6 is 0 Å². The molecule has 29 heavy (non-hydrogen) atoms. The lowest BCUT2D eigenvalue weighted by Crippen LogP contribution is -2.47. The summed E-state index contributed by atoms with van der Waals surface area (Å²) in [5.41, 5.74) is 4.85. The second-order valence-corrected chi connectivity index (χ2v) is 6.90. The van der Waals surface area contributed by atoms with E-state index in [0.29, 0.717) is 11.3 Å². The zero-order chi connectivity index (χ0) is 21.2. The minimum absolute atomic E-state index is 0.150. The Kier molecular flexibility index (Phi) is 5.27. The molecule has 0 atom stereocenters. The van der Waals surface area contributed by atoms with Gasteiger partial charge in [0.1, 0.15) is 11.4 Å². The van der Waals surface area contributed by atoms with Crippen LogP contribution in [-0.2, 0) is 10.3 Å². The maximum absolute atomic E-state index is 13.2. The summed E-state index contributed by atoms with van der Waals surface area (Å²) in [5, 5.41) is 6.93. The van der Waals surface area contributed by atoms with Crippen LogP contribution in [0.25, 0.3) is 11.3 Å². The van der Waals surface area contributed by atoms with E-state index in [1.165, 1.54) is 56.3 Å². The summed E-state index contributed by atoms with van der Waals surface area (Å²) in [4.78, 5) is 36.9. The molecular weight excluding hydrogens is 375 g/mol. The molecule has 0 radical (unpaired) electrons. The normalized spacial score (nSPS) is 11.1. The van der Waals surface area contributed by atoms with Crippen molar-refractivity contribution in [2.45, 2.75) is 19.4 Å². The molecule has 0 aliphatic carbocycles. The van der Waals surface area contributed by atoms with Crippen molar-refractivity contribution in [3.05, 3.63) is 82.4 Å². The van der Waals surface area contributed by atoms with E-state index in [-0.39, 0.29) is 11.3 Å². The second-order valence-electron chi connectivity index (χ2n) is 6.90. The molecule has 148 valence electrons. The molecule has 2 amide bonds. The summed E-state index contributed by atoms with van der Waals surface area (Å²) in [5.74, 6) is -1.64. The number of benzene rings is 2. The van der Waals surface area contributed by atoms with Gasteiger partial charge in [0.2, 0.25) is 0 Å². The summed E-state index contributed by atoms with van der Waals surface area (Å²) in [6, 6.07) is 14.7. The number of carbonyl (C=O) groups excluding carboxylic acids is 2. The Morgan fingerprint density at radius 3 is 2.34 bits per heavy atom. The minimum atomic E-state index is -1.39. The number of amides is 2. The van der Waals surface area contributed by atoms with E-state index in [2.05, 4.69) is 10.4 Å². The first-order chi connectivity index (χ1) is 13.7. The van der Waals surface area contributed by atoms with Crippen molar-refractivity contribution >= 4 is 17.5 Å². The van der Waals surface area contributed by atoms with Crippen molar-refractivity contribution in [3.63, 3.8) is 0 Å². The molecule has 0 saturated carbocycles. The monoisotopic (exact) mass is 394 g/mol. The summed E-state index contributed by atoms with van der Waals surface area (Å²) < 4.78 is 14.2. The molecule has 0 aliphatic heterocycles. The molecule has 0 bridgehead atoms. The number of nitrogens with two attached hydrogens (primary N) is 1. The van der Waals surface area contributed by atoms with Gasteiger partial charge in [0.25, 0.3) is 17.4 Å². The van der Waals surface area contributed by atoms with Gasteiger partial charge in [0.15, 0.2) is 0 Å². The van der Waals surface area contributed by atoms with E-state index in [9.17, 15) is 18.8 Å². The lowest BCUT2D eigenvalue weighted by atomic mass is 10.0. The number of rotatable bonds is 5. The van der Waals surface area contributed by atoms with Crippen LogP contribution in [0.1, 0.15) is 24.2 Å². The number of aromatic nitrogens is 2. The molecule has 0 fully saturated rings. The van der Waals surface area contributed by atoms with Crippen molar-refractivity contribution in [1.29, 1.82) is 0 Å². The van der Waals surface area contributed by atoms with Gasteiger partial charge in [-0.25, -0.2) is 9.07 Å². The number of hydrogen-bond donors (Lipinski definition) is 2. The Balaban J connectivity index is 1.97. The highest BCUT2D eigenvalue weighted by molar-refractivity contribution is 6.04. The van der Waals surface area contributed by atoms with Crippen LogP contribution < -0.4 is 16.6 Å². The number of primary amides is 1. The fraction of sp³-hybridized carbons (Fsp3) is 0.143. The zero-order valence-corrected chi connectivity index (χ0v) is 15.8. The standard InChI is InChI=1S/C21H19FN4O3/c1-21(2,20(29)24-17-6-4-3-5-15(17)19(23)28)26-18(27)12-11-16(25-26)13-7-9-14(22)10-8-13/h3-12H,1-2H3,(H2,23,28)(H,24,29). The molecule has 1 aromatic heterocycles. The Bertz CT molecular complexity index is 1140. The summed E-state index contributed by atoms with van der Waals surface area (Å²) >= 11 is 0. The van der Waals surface area contributed by atoms with Crippen molar-refractivity contribution in [3.8, 4) is 11.3 Å². The number of carbonyl (C=O) groups is 2. The van der Waals surface area contributed by atoms with E-state index >= 15 is 0 Å². The molecule has 3 rings (SSSR count). The molecule has 7 nitrogen and oxygen atoms in total. The predicted molar refractivity (Wildman–Crippen MR) is 107 cm³/mol. The largest absolute Gasteiger partial charge is 0.366 e. The molecule has 0 aliphatic rings. The third kappa shape index (κ3) is 4.06. The molecule has 0 spiro atoms. The van der Waals surface area contributed by atoms with E-state index < -0.39 is 28.7 Å². The lowest BCUT2D eigenvalue weighted by Gasteiger charge is -2.25. The third-order valence-corrected chi connectivity index (χ3v) is 4.47. The number of hydrogen-bond acceptors (Lipinski definition) is 4. The van der Waals surface area contributed by atoms with Gasteiger partial charge in [-0.1, -0.05) is 12.1 Å². The van der Waals surface area contributed by atoms with Gasteiger partial charge < -0.3 is 11.1 Å². The van der Waals surface area contributed by atoms with Gasteiger partial charge in [-0.2, -0.15) is 5.10 Å². The number of anilines is 1. The fourth-order valence-electron chi connectivity index (χ4n) is 2.76. The van der Waals surface area contributed by atoms with Crippen LogP contribution in [0.2, 0.25) is 0 Å². The highest BCUT2D eigenvalue weighted by Gasteiger charge is 2.33. The molecule has 0 saturated heterocycles. The number of halogens is 1. The highest BCUT2D eigenvalue weighted by atomic mass is 19.1. The van der Waals surface area contributed by atoms with Crippen LogP contribution in [0.5, 0.6) is 0 Å². The average Bonchev–Trinajstić information content (AvgIpc) is 2.69. The van der Waals surface area contributed by atoms with Crippen LogP contribution in [0, 0.1) is 5.82 Å². The van der Waals surface area contributed by atoms with E-state index in [0.717, 1.165) is 4.68 Å². The summed E-state index contributed by atoms with van der Waals surface area (Å²) in [6.45, 7) is 3.05. The van der Waals surface area contributed by atoms with Gasteiger partial charge in [-0.3, -0.25) is 14.4 Å². The first-order valence-electron chi connectivity index (χ1n) is 8.77. The van der Waals surface area contributed by atoms with Gasteiger partial charge >= 0.3 is 0 Å². The Hall–Kier alpha value is -3.81. The average molecular weight is 394 g/mol. The maximum Gasteiger partial charge on any atom is 0.267 e. The molecule has 1 heterocycles. The van der Waals surface area contributed by atoms with Gasteiger partial charge in [-0.05, 0) is 56.3 Å². The number of nitrogens with zero attached hydrogens (tertiary/aromatic N) is 2. The molecular formula is C21H19FN4O3. The van der Waals surface area contributed by atoms with Gasteiger partial charge in [-0.15, -0.1) is 0 Å². The SMILES string of the molecule is CC(C)(C(=O)Nc1ccccc1C(N)=O)n1nc(-c2ccc(F)cc2)ccc1=O. The zero-order valence-electron chi connectivity index (χ0n) is 15.8. The van der Waals surface area contributed by atoms with Crippen molar-refractivity contribution < 1.29 is 14.0 Å². The van der Waals surface area contributed by atoms with Crippen LogP contribution in [-0.4, -0.2) is 21.6 Å². The Labute approximate surface area is 166 Å². The molecule has 8 heteroatoms. The summed E-state index contributed by atoms with van der Waals surface area (Å²) in [7, 11) is 0.